The van der Waals surface area contributed by atoms with E-state index in [1.807, 2.05) is 85.8 Å². The number of hydrazone groups is 1. The lowest BCUT2D eigenvalue weighted by molar-refractivity contribution is 0.0955. The average Bonchev–Trinajstić information content (AvgIpc) is 2.83. The van der Waals surface area contributed by atoms with Crippen molar-refractivity contribution in [1.29, 1.82) is 0 Å². The van der Waals surface area contributed by atoms with Gasteiger partial charge in [-0.15, -0.1) is 0 Å². The molecule has 0 fully saturated rings. The molecule has 0 atom stereocenters. The lowest BCUT2D eigenvalue weighted by Gasteiger charge is -2.12. The van der Waals surface area contributed by atoms with Gasteiger partial charge >= 0.3 is 0 Å². The van der Waals surface area contributed by atoms with Gasteiger partial charge < -0.3 is 9.47 Å². The topological polar surface area (TPSA) is 59.9 Å². The van der Waals surface area contributed by atoms with E-state index in [9.17, 15) is 4.79 Å². The van der Waals surface area contributed by atoms with E-state index in [0.717, 1.165) is 21.9 Å². The average molecular weight is 459 g/mol. The molecule has 166 valence electrons. The van der Waals surface area contributed by atoms with Gasteiger partial charge in [0.2, 0.25) is 0 Å². The minimum absolute atomic E-state index is 0.275. The zero-order valence-corrected chi connectivity index (χ0v) is 18.9. The molecule has 0 aromatic heterocycles. The summed E-state index contributed by atoms with van der Waals surface area (Å²) in [7, 11) is 0. The molecular weight excluding hydrogens is 436 g/mol. The van der Waals surface area contributed by atoms with E-state index in [4.69, 9.17) is 21.1 Å². The molecule has 0 bridgehead atoms. The van der Waals surface area contributed by atoms with Gasteiger partial charge in [0.1, 0.15) is 6.61 Å². The lowest BCUT2D eigenvalue weighted by atomic mass is 10.1. The van der Waals surface area contributed by atoms with Crippen molar-refractivity contribution in [2.24, 2.45) is 5.10 Å². The van der Waals surface area contributed by atoms with Crippen LogP contribution < -0.4 is 14.9 Å². The van der Waals surface area contributed by atoms with E-state index in [0.29, 0.717) is 35.3 Å². The normalized spacial score (nSPS) is 11.0. The Bertz CT molecular complexity index is 1300. The number of fused-ring (bicyclic) bond motifs is 1. The van der Waals surface area contributed by atoms with E-state index in [1.54, 1.807) is 12.3 Å². The van der Waals surface area contributed by atoms with Crippen molar-refractivity contribution in [1.82, 2.24) is 5.43 Å². The second kappa shape index (κ2) is 10.7. The fourth-order valence-corrected chi connectivity index (χ4v) is 3.55. The summed E-state index contributed by atoms with van der Waals surface area (Å²) in [5.41, 5.74) is 4.86. The number of halogens is 1. The molecule has 6 heteroatoms. The molecule has 5 nitrogen and oxygen atoms in total. The third kappa shape index (κ3) is 5.90. The molecule has 0 spiro atoms. The number of carbonyl (C=O) groups is 1. The molecule has 0 saturated heterocycles. The molecule has 0 aliphatic rings. The Balaban J connectivity index is 1.42. The second-order valence-electron chi connectivity index (χ2n) is 7.32. The lowest BCUT2D eigenvalue weighted by Crippen LogP contribution is -2.17. The van der Waals surface area contributed by atoms with Crippen molar-refractivity contribution in [3.63, 3.8) is 0 Å². The van der Waals surface area contributed by atoms with E-state index < -0.39 is 0 Å². The Kier molecular flexibility index (Phi) is 7.22. The van der Waals surface area contributed by atoms with Crippen LogP contribution >= 0.6 is 11.6 Å². The number of hydrogen-bond donors (Lipinski definition) is 1. The first kappa shape index (κ1) is 22.4. The Morgan fingerprint density at radius 2 is 1.76 bits per heavy atom. The van der Waals surface area contributed by atoms with Crippen LogP contribution in [0.15, 0.2) is 90.0 Å². The summed E-state index contributed by atoms with van der Waals surface area (Å²) in [6.07, 6.45) is 1.57. The molecule has 0 heterocycles. The van der Waals surface area contributed by atoms with Crippen LogP contribution in [0.5, 0.6) is 11.5 Å². The molecule has 4 rings (SSSR count). The number of amides is 1. The van der Waals surface area contributed by atoms with Crippen molar-refractivity contribution < 1.29 is 14.3 Å². The highest BCUT2D eigenvalue weighted by Gasteiger charge is 2.08. The van der Waals surface area contributed by atoms with Crippen molar-refractivity contribution in [3.8, 4) is 11.5 Å². The maximum absolute atomic E-state index is 12.5. The number of carbonyl (C=O) groups excluding carboxylic acids is 1. The van der Waals surface area contributed by atoms with Crippen LogP contribution in [0.2, 0.25) is 5.02 Å². The molecule has 0 aliphatic heterocycles. The number of rotatable bonds is 8. The minimum Gasteiger partial charge on any atom is -0.490 e. The van der Waals surface area contributed by atoms with Crippen LogP contribution in [0, 0.1) is 0 Å². The van der Waals surface area contributed by atoms with Gasteiger partial charge in [0.05, 0.1) is 12.8 Å². The summed E-state index contributed by atoms with van der Waals surface area (Å²) in [6.45, 7) is 2.77. The molecule has 1 N–H and O–H groups in total. The third-order valence-corrected chi connectivity index (χ3v) is 5.18. The monoisotopic (exact) mass is 458 g/mol. The number of ether oxygens (including phenoxy) is 2. The third-order valence-electron chi connectivity index (χ3n) is 4.94. The molecule has 4 aromatic carbocycles. The molecule has 1 amide bonds. The number of benzene rings is 4. The van der Waals surface area contributed by atoms with Crippen LogP contribution in [0.4, 0.5) is 0 Å². The first-order valence-corrected chi connectivity index (χ1v) is 11.0. The summed E-state index contributed by atoms with van der Waals surface area (Å²) in [6, 6.07) is 26.5. The maximum Gasteiger partial charge on any atom is 0.271 e. The van der Waals surface area contributed by atoms with Gasteiger partial charge in [-0.2, -0.15) is 5.10 Å². The van der Waals surface area contributed by atoms with Gasteiger partial charge in [-0.3, -0.25) is 4.79 Å². The van der Waals surface area contributed by atoms with Gasteiger partial charge in [0.25, 0.3) is 5.91 Å². The first-order valence-electron chi connectivity index (χ1n) is 10.6. The highest BCUT2D eigenvalue weighted by molar-refractivity contribution is 6.30. The summed E-state index contributed by atoms with van der Waals surface area (Å²) in [4.78, 5) is 12.5. The van der Waals surface area contributed by atoms with Gasteiger partial charge in [0, 0.05) is 10.6 Å². The Morgan fingerprint density at radius 1 is 0.909 bits per heavy atom. The largest absolute Gasteiger partial charge is 0.490 e. The second-order valence-corrected chi connectivity index (χ2v) is 7.76. The zero-order chi connectivity index (χ0) is 23.0. The Labute approximate surface area is 197 Å². The zero-order valence-electron chi connectivity index (χ0n) is 18.1. The van der Waals surface area contributed by atoms with Crippen molar-refractivity contribution in [2.75, 3.05) is 6.61 Å². The fourth-order valence-electron chi connectivity index (χ4n) is 3.34. The number of hydrogen-bond acceptors (Lipinski definition) is 4. The highest BCUT2D eigenvalue weighted by atomic mass is 35.5. The van der Waals surface area contributed by atoms with Gasteiger partial charge in [-0.1, -0.05) is 54.1 Å². The van der Waals surface area contributed by atoms with Crippen LogP contribution in [0.25, 0.3) is 10.8 Å². The van der Waals surface area contributed by atoms with E-state index >= 15 is 0 Å². The highest BCUT2D eigenvalue weighted by Crippen LogP contribution is 2.29. The molecule has 0 saturated carbocycles. The molecule has 0 aliphatic carbocycles. The quantitative estimate of drug-likeness (QED) is 0.251. The summed E-state index contributed by atoms with van der Waals surface area (Å²) < 4.78 is 11.7. The van der Waals surface area contributed by atoms with Crippen LogP contribution in [-0.4, -0.2) is 18.7 Å². The molecule has 4 aromatic rings. The number of nitrogens with one attached hydrogen (secondary N) is 1. The molecule has 33 heavy (non-hydrogen) atoms. The fraction of sp³-hybridized carbons (Fsp3) is 0.111. The van der Waals surface area contributed by atoms with Crippen LogP contribution in [0.1, 0.15) is 28.4 Å². The summed E-state index contributed by atoms with van der Waals surface area (Å²) in [5, 5.41) is 6.85. The molecule has 0 unspecified atom stereocenters. The Hall–Kier alpha value is -3.83. The van der Waals surface area contributed by atoms with Crippen molar-refractivity contribution in [3.05, 3.63) is 107 Å². The van der Waals surface area contributed by atoms with E-state index in [2.05, 4.69) is 10.5 Å². The molecule has 0 radical (unpaired) electrons. The van der Waals surface area contributed by atoms with Crippen molar-refractivity contribution in [2.45, 2.75) is 13.5 Å². The number of nitrogens with zero attached hydrogens (tertiary/aromatic N) is 1. The van der Waals surface area contributed by atoms with Crippen molar-refractivity contribution >= 4 is 34.5 Å². The predicted octanol–water partition coefficient (Wildman–Crippen LogP) is 6.23. The smallest absolute Gasteiger partial charge is 0.271 e. The van der Waals surface area contributed by atoms with Gasteiger partial charge in [-0.25, -0.2) is 5.43 Å². The van der Waals surface area contributed by atoms with Gasteiger partial charge in [0.15, 0.2) is 11.5 Å². The predicted molar refractivity (Wildman–Crippen MR) is 132 cm³/mol. The standard InChI is InChI=1S/C27H23ClN2O3/c1-2-32-26-15-19(10-13-25(26)33-18-20-6-5-9-24(28)14-20)17-29-30-27(31)23-12-11-21-7-3-4-8-22(21)16-23/h3-17H,2,18H2,1H3,(H,30,31)/b29-17-. The Morgan fingerprint density at radius 3 is 2.58 bits per heavy atom. The molecular formula is C27H23ClN2O3. The van der Waals surface area contributed by atoms with Crippen LogP contribution in [0.3, 0.4) is 0 Å². The maximum atomic E-state index is 12.5. The van der Waals surface area contributed by atoms with E-state index in [1.165, 1.54) is 0 Å². The van der Waals surface area contributed by atoms with Gasteiger partial charge in [-0.05, 0) is 71.3 Å². The summed E-state index contributed by atoms with van der Waals surface area (Å²) >= 11 is 6.04. The first-order chi connectivity index (χ1) is 16.1. The summed E-state index contributed by atoms with van der Waals surface area (Å²) in [5.74, 6) is 0.946. The SMILES string of the molecule is CCOc1cc(/C=N\NC(=O)c2ccc3ccccc3c2)ccc1OCc1cccc(Cl)c1. The van der Waals surface area contributed by atoms with E-state index in [-0.39, 0.29) is 5.91 Å². The minimum atomic E-state index is -0.275. The van der Waals surface area contributed by atoms with Crippen LogP contribution in [-0.2, 0) is 6.61 Å².